The maximum atomic E-state index is 13.4. The highest BCUT2D eigenvalue weighted by molar-refractivity contribution is 8.00. The lowest BCUT2D eigenvalue weighted by molar-refractivity contribution is -0.131. The summed E-state index contributed by atoms with van der Waals surface area (Å²) >= 11 is 4.49. The molecule has 8 nitrogen and oxygen atoms in total. The summed E-state index contributed by atoms with van der Waals surface area (Å²) in [6, 6.07) is 7.48. The highest BCUT2D eigenvalue weighted by Gasteiger charge is 2.18. The van der Waals surface area contributed by atoms with Crippen molar-refractivity contribution in [3.8, 4) is 0 Å². The van der Waals surface area contributed by atoms with Crippen molar-refractivity contribution >= 4 is 52.6 Å². The Morgan fingerprint density at radius 1 is 1.26 bits per heavy atom. The van der Waals surface area contributed by atoms with Crippen molar-refractivity contribution in [2.24, 2.45) is 5.73 Å². The van der Waals surface area contributed by atoms with Crippen LogP contribution in [0.5, 0.6) is 0 Å². The van der Waals surface area contributed by atoms with Crippen molar-refractivity contribution in [3.63, 3.8) is 0 Å². The van der Waals surface area contributed by atoms with Crippen LogP contribution in [-0.2, 0) is 17.6 Å². The second kappa shape index (κ2) is 12.7. The van der Waals surface area contributed by atoms with Crippen molar-refractivity contribution < 1.29 is 9.90 Å². The Labute approximate surface area is 233 Å². The van der Waals surface area contributed by atoms with Crippen LogP contribution in [0.4, 0.5) is 0 Å². The largest absolute Gasteiger partial charge is 0.478 e. The van der Waals surface area contributed by atoms with E-state index in [0.717, 1.165) is 45.8 Å². The summed E-state index contributed by atoms with van der Waals surface area (Å²) in [4.78, 5) is 39.4. The van der Waals surface area contributed by atoms with E-state index >= 15 is 0 Å². The molecule has 0 aliphatic heterocycles. The van der Waals surface area contributed by atoms with E-state index in [0.29, 0.717) is 22.3 Å². The number of hydrogen-bond donors (Lipinski definition) is 2. The molecule has 0 bridgehead atoms. The lowest BCUT2D eigenvalue weighted by atomic mass is 10.1. The van der Waals surface area contributed by atoms with E-state index in [1.807, 2.05) is 25.1 Å². The molecule has 4 aromatic heterocycles. The predicted molar refractivity (Wildman–Crippen MR) is 155 cm³/mol. The zero-order chi connectivity index (χ0) is 27.2. The van der Waals surface area contributed by atoms with Gasteiger partial charge in [-0.25, -0.2) is 14.8 Å². The fourth-order valence-electron chi connectivity index (χ4n) is 3.73. The van der Waals surface area contributed by atoms with Gasteiger partial charge in [-0.1, -0.05) is 32.5 Å². The number of aromatic nitrogens is 4. The smallest absolute Gasteiger partial charge is 0.328 e. The van der Waals surface area contributed by atoms with Crippen LogP contribution in [0.1, 0.15) is 59.6 Å². The minimum Gasteiger partial charge on any atom is -0.478 e. The number of thiazole rings is 1. The second-order valence-corrected chi connectivity index (χ2v) is 12.1. The van der Waals surface area contributed by atoms with Gasteiger partial charge in [0, 0.05) is 35.2 Å². The number of pyridine rings is 2. The van der Waals surface area contributed by atoms with Crippen LogP contribution in [0.25, 0.3) is 11.7 Å². The van der Waals surface area contributed by atoms with E-state index < -0.39 is 5.97 Å². The Balaban J connectivity index is 1.72. The van der Waals surface area contributed by atoms with Crippen molar-refractivity contribution in [2.45, 2.75) is 54.8 Å². The second-order valence-electron chi connectivity index (χ2n) is 8.76. The third-order valence-electron chi connectivity index (χ3n) is 5.70. The molecular formula is C27H29N5O3S3. The number of rotatable bonds is 11. The van der Waals surface area contributed by atoms with Gasteiger partial charge in [-0.3, -0.25) is 14.2 Å². The summed E-state index contributed by atoms with van der Waals surface area (Å²) in [5, 5.41) is 12.4. The SMILES string of the molecule is CCSC(N)c1ncccc1Sc1nc2cc(CCc3nc(C(C)C)cs3)ccn2c(=O)c1/C=C/C(=O)O. The summed E-state index contributed by atoms with van der Waals surface area (Å²) in [7, 11) is 0. The van der Waals surface area contributed by atoms with Crippen molar-refractivity contribution in [1.29, 1.82) is 0 Å². The minimum absolute atomic E-state index is 0.193. The molecule has 1 unspecified atom stereocenters. The molecule has 0 spiro atoms. The monoisotopic (exact) mass is 567 g/mol. The average molecular weight is 568 g/mol. The van der Waals surface area contributed by atoms with Gasteiger partial charge in [0.2, 0.25) is 0 Å². The van der Waals surface area contributed by atoms with Crippen LogP contribution in [0.15, 0.2) is 62.8 Å². The third kappa shape index (κ3) is 6.71. The average Bonchev–Trinajstić information content (AvgIpc) is 3.37. The number of carboxylic acid groups (broad SMARTS) is 1. The molecule has 4 heterocycles. The Hall–Kier alpha value is -2.99. The molecule has 0 saturated heterocycles. The van der Waals surface area contributed by atoms with Gasteiger partial charge in [0.15, 0.2) is 0 Å². The Morgan fingerprint density at radius 2 is 2.08 bits per heavy atom. The quantitative estimate of drug-likeness (QED) is 0.139. The van der Waals surface area contributed by atoms with Gasteiger partial charge in [-0.15, -0.1) is 23.1 Å². The fraction of sp³-hybridized carbons (Fsp3) is 0.296. The number of fused-ring (bicyclic) bond motifs is 1. The number of aliphatic carboxylic acids is 1. The van der Waals surface area contributed by atoms with Gasteiger partial charge in [0.1, 0.15) is 10.7 Å². The number of carboxylic acids is 1. The summed E-state index contributed by atoms with van der Waals surface area (Å²) in [6.07, 6.45) is 7.18. The molecule has 0 aliphatic rings. The normalized spacial score (nSPS) is 12.6. The summed E-state index contributed by atoms with van der Waals surface area (Å²) in [5.74, 6) is 0.0755. The van der Waals surface area contributed by atoms with E-state index in [-0.39, 0.29) is 16.5 Å². The van der Waals surface area contributed by atoms with Crippen LogP contribution in [-0.4, -0.2) is 36.2 Å². The highest BCUT2D eigenvalue weighted by Crippen LogP contribution is 2.35. The van der Waals surface area contributed by atoms with E-state index in [9.17, 15) is 14.7 Å². The molecule has 3 N–H and O–H groups in total. The molecule has 198 valence electrons. The van der Waals surface area contributed by atoms with E-state index in [1.54, 1.807) is 41.6 Å². The lowest BCUT2D eigenvalue weighted by Gasteiger charge is -2.15. The predicted octanol–water partition coefficient (Wildman–Crippen LogP) is 5.41. The van der Waals surface area contributed by atoms with Crippen LogP contribution >= 0.6 is 34.9 Å². The van der Waals surface area contributed by atoms with Gasteiger partial charge in [0.25, 0.3) is 5.56 Å². The molecule has 4 aromatic rings. The number of carbonyl (C=O) groups is 1. The molecule has 1 atom stereocenters. The number of nitrogens with zero attached hydrogens (tertiary/aromatic N) is 4. The minimum atomic E-state index is -1.15. The topological polar surface area (TPSA) is 123 Å². The van der Waals surface area contributed by atoms with Gasteiger partial charge in [-0.2, -0.15) is 0 Å². The number of hydrogen-bond acceptors (Lipinski definition) is 9. The maximum Gasteiger partial charge on any atom is 0.328 e. The zero-order valence-electron chi connectivity index (χ0n) is 21.3. The summed E-state index contributed by atoms with van der Waals surface area (Å²) in [5.41, 5.74) is 9.50. The zero-order valence-corrected chi connectivity index (χ0v) is 23.8. The van der Waals surface area contributed by atoms with E-state index in [2.05, 4.69) is 24.2 Å². The molecule has 0 amide bonds. The number of aryl methyl sites for hydroxylation is 2. The third-order valence-corrected chi connectivity index (χ3v) is 8.61. The molecule has 0 radical (unpaired) electrons. The van der Waals surface area contributed by atoms with E-state index in [1.165, 1.54) is 22.2 Å². The van der Waals surface area contributed by atoms with Crippen LogP contribution in [0, 0.1) is 0 Å². The van der Waals surface area contributed by atoms with Crippen molar-refractivity contribution in [1.82, 2.24) is 19.4 Å². The van der Waals surface area contributed by atoms with Crippen LogP contribution in [0.2, 0.25) is 0 Å². The maximum absolute atomic E-state index is 13.4. The molecule has 11 heteroatoms. The molecule has 38 heavy (non-hydrogen) atoms. The number of nitrogens with two attached hydrogens (primary N) is 1. The van der Waals surface area contributed by atoms with Gasteiger partial charge >= 0.3 is 5.97 Å². The Bertz CT molecular complexity index is 1530. The first-order chi connectivity index (χ1) is 18.3. The van der Waals surface area contributed by atoms with Crippen molar-refractivity contribution in [2.75, 3.05) is 5.75 Å². The summed E-state index contributed by atoms with van der Waals surface area (Å²) in [6.45, 7) is 6.29. The molecule has 0 saturated carbocycles. The van der Waals surface area contributed by atoms with Crippen LogP contribution in [0.3, 0.4) is 0 Å². The van der Waals surface area contributed by atoms with Crippen LogP contribution < -0.4 is 11.3 Å². The fourth-order valence-corrected chi connectivity index (χ4v) is 6.51. The van der Waals surface area contributed by atoms with Gasteiger partial charge < -0.3 is 10.8 Å². The molecule has 0 aromatic carbocycles. The summed E-state index contributed by atoms with van der Waals surface area (Å²) < 4.78 is 1.44. The van der Waals surface area contributed by atoms with E-state index in [4.69, 9.17) is 15.7 Å². The Morgan fingerprint density at radius 3 is 2.79 bits per heavy atom. The highest BCUT2D eigenvalue weighted by atomic mass is 32.2. The first kappa shape index (κ1) is 28.0. The molecule has 0 aliphatic carbocycles. The first-order valence-corrected chi connectivity index (χ1v) is 14.9. The standard InChI is InChI=1S/C27H29N5O3S3/c1-4-36-25(28)24-20(6-5-12-29-24)38-26-18(8-10-23(33)34)27(35)32-13-11-17(14-21(32)31-26)7-9-22-30-19(15-37-22)16(2)3/h5-6,8,10-16,25H,4,7,9,28H2,1-3H3,(H,33,34)/b10-8+. The first-order valence-electron chi connectivity index (χ1n) is 12.2. The van der Waals surface area contributed by atoms with Gasteiger partial charge in [0.05, 0.1) is 27.3 Å². The number of thioether (sulfide) groups is 1. The van der Waals surface area contributed by atoms with Gasteiger partial charge in [-0.05, 0) is 54.0 Å². The molecule has 0 fully saturated rings. The van der Waals surface area contributed by atoms with Crippen molar-refractivity contribution in [3.05, 3.63) is 86.0 Å². The molecule has 4 rings (SSSR count). The lowest BCUT2D eigenvalue weighted by Crippen LogP contribution is -2.19. The Kier molecular flexibility index (Phi) is 9.37. The molecular weight excluding hydrogens is 539 g/mol.